The summed E-state index contributed by atoms with van der Waals surface area (Å²) in [6, 6.07) is 9.67. The number of rotatable bonds is 7. The van der Waals surface area contributed by atoms with Crippen molar-refractivity contribution < 1.29 is 14.4 Å². The van der Waals surface area contributed by atoms with Gasteiger partial charge in [0.2, 0.25) is 5.91 Å². The van der Waals surface area contributed by atoms with E-state index < -0.39 is 11.9 Å². The number of hydrogen-bond acceptors (Lipinski definition) is 6. The fourth-order valence-corrected chi connectivity index (χ4v) is 4.77. The number of thiophene rings is 1. The van der Waals surface area contributed by atoms with Gasteiger partial charge in [0, 0.05) is 34.6 Å². The maximum atomic E-state index is 13.7. The predicted octanol–water partition coefficient (Wildman–Crippen LogP) is 4.19. The second kappa shape index (κ2) is 9.82. The normalized spacial score (nSPS) is 14.7. The van der Waals surface area contributed by atoms with Crippen molar-refractivity contribution in [3.8, 4) is 0 Å². The molecule has 2 heterocycles. The number of benzene rings is 1. The molecule has 4 rings (SSSR count). The Bertz CT molecular complexity index is 1100. The second-order valence-electron chi connectivity index (χ2n) is 7.78. The molecule has 0 unspecified atom stereocenters. The summed E-state index contributed by atoms with van der Waals surface area (Å²) in [5.41, 5.74) is 1.03. The molecule has 8 heteroatoms. The zero-order valence-electron chi connectivity index (χ0n) is 17.7. The van der Waals surface area contributed by atoms with Crippen LogP contribution in [0.25, 0.3) is 0 Å². The zero-order chi connectivity index (χ0) is 22.5. The number of carbonyl (C=O) groups is 3. The molecule has 2 aromatic heterocycles. The summed E-state index contributed by atoms with van der Waals surface area (Å²) in [7, 11) is 0. The van der Waals surface area contributed by atoms with E-state index in [1.165, 1.54) is 41.8 Å². The van der Waals surface area contributed by atoms with Gasteiger partial charge in [0.25, 0.3) is 5.91 Å². The summed E-state index contributed by atoms with van der Waals surface area (Å²) in [5.74, 6) is -0.828. The Morgan fingerprint density at radius 2 is 1.94 bits per heavy atom. The molecule has 1 aliphatic rings. The van der Waals surface area contributed by atoms with Gasteiger partial charge in [0.15, 0.2) is 11.8 Å². The fourth-order valence-electron chi connectivity index (χ4n) is 3.96. The maximum absolute atomic E-state index is 13.7. The molecular weight excluding hydrogens is 424 g/mol. The molecule has 0 spiro atoms. The lowest BCUT2D eigenvalue weighted by atomic mass is 10.1. The van der Waals surface area contributed by atoms with Crippen LogP contribution < -0.4 is 10.2 Å². The van der Waals surface area contributed by atoms with Gasteiger partial charge in [0.1, 0.15) is 5.69 Å². The minimum Gasteiger partial charge on any atom is -0.351 e. The minimum absolute atomic E-state index is 0.0991. The lowest BCUT2D eigenvalue weighted by Gasteiger charge is -2.31. The summed E-state index contributed by atoms with van der Waals surface area (Å²) < 4.78 is 0. The van der Waals surface area contributed by atoms with Crippen molar-refractivity contribution in [3.05, 3.63) is 76.5 Å². The third kappa shape index (κ3) is 4.75. The van der Waals surface area contributed by atoms with Crippen molar-refractivity contribution in [2.24, 2.45) is 0 Å². The van der Waals surface area contributed by atoms with Gasteiger partial charge in [0.05, 0.1) is 6.20 Å². The van der Waals surface area contributed by atoms with Crippen molar-refractivity contribution >= 4 is 34.6 Å². The second-order valence-corrected chi connectivity index (χ2v) is 8.76. The highest BCUT2D eigenvalue weighted by Gasteiger charge is 2.36. The molecular formula is C24H24N4O3S. The van der Waals surface area contributed by atoms with Crippen LogP contribution in [0.1, 0.15) is 64.4 Å². The van der Waals surface area contributed by atoms with E-state index in [1.807, 2.05) is 17.5 Å². The van der Waals surface area contributed by atoms with Crippen molar-refractivity contribution in [3.63, 3.8) is 0 Å². The Labute approximate surface area is 190 Å². The van der Waals surface area contributed by atoms with Crippen molar-refractivity contribution in [1.29, 1.82) is 0 Å². The number of carbonyl (C=O) groups excluding carboxylic acids is 3. The third-order valence-electron chi connectivity index (χ3n) is 5.55. The first-order valence-corrected chi connectivity index (χ1v) is 11.5. The Hall–Kier alpha value is -3.39. The predicted molar refractivity (Wildman–Crippen MR) is 123 cm³/mol. The van der Waals surface area contributed by atoms with Crippen LogP contribution in [-0.2, 0) is 4.79 Å². The van der Waals surface area contributed by atoms with E-state index >= 15 is 0 Å². The topological polar surface area (TPSA) is 92.3 Å². The Kier molecular flexibility index (Phi) is 6.70. The van der Waals surface area contributed by atoms with E-state index in [2.05, 4.69) is 15.3 Å². The Balaban J connectivity index is 1.81. The van der Waals surface area contributed by atoms with E-state index in [9.17, 15) is 14.4 Å². The molecule has 2 amide bonds. The Morgan fingerprint density at radius 1 is 1.12 bits per heavy atom. The molecule has 164 valence electrons. The summed E-state index contributed by atoms with van der Waals surface area (Å²) in [4.78, 5) is 49.6. The Morgan fingerprint density at radius 3 is 2.59 bits per heavy atom. The molecule has 0 aliphatic heterocycles. The number of anilines is 1. The monoisotopic (exact) mass is 448 g/mol. The fraction of sp³-hybridized carbons (Fsp3) is 0.292. The van der Waals surface area contributed by atoms with Crippen LogP contribution >= 0.6 is 11.3 Å². The maximum Gasteiger partial charge on any atom is 0.279 e. The first kappa shape index (κ1) is 21.8. The van der Waals surface area contributed by atoms with Crippen LogP contribution in [0, 0.1) is 0 Å². The number of nitrogens with zero attached hydrogens (tertiary/aromatic N) is 3. The summed E-state index contributed by atoms with van der Waals surface area (Å²) in [6.45, 7) is 1.47. The zero-order valence-corrected chi connectivity index (χ0v) is 18.5. The number of Topliss-reactive ketones (excluding diaryl/α,β-unsaturated/α-hetero) is 1. The summed E-state index contributed by atoms with van der Waals surface area (Å²) in [6.07, 6.45) is 8.33. The third-order valence-corrected chi connectivity index (χ3v) is 6.48. The highest BCUT2D eigenvalue weighted by atomic mass is 32.1. The van der Waals surface area contributed by atoms with Crippen LogP contribution in [0.5, 0.6) is 0 Å². The summed E-state index contributed by atoms with van der Waals surface area (Å²) in [5, 5.41) is 5.01. The number of amides is 2. The highest BCUT2D eigenvalue weighted by molar-refractivity contribution is 7.10. The number of ketones is 1. The standard InChI is InChI=1S/C24H24N4O3S/c1-16(29)17-6-4-9-19(14-17)28(24(31)20-15-25-11-12-26-20)22(21-10-5-13-32-21)23(30)27-18-7-2-3-8-18/h4-6,9-15,18,22H,2-3,7-8H2,1H3,(H,27,30)/t22-/m0/s1. The van der Waals surface area contributed by atoms with E-state index in [-0.39, 0.29) is 23.4 Å². The number of hydrogen-bond donors (Lipinski definition) is 1. The van der Waals surface area contributed by atoms with E-state index in [0.29, 0.717) is 11.3 Å². The van der Waals surface area contributed by atoms with Crippen LogP contribution in [0.15, 0.2) is 60.4 Å². The van der Waals surface area contributed by atoms with Crippen LogP contribution in [0.3, 0.4) is 0 Å². The molecule has 1 aromatic carbocycles. The van der Waals surface area contributed by atoms with Crippen molar-refractivity contribution in [2.75, 3.05) is 4.90 Å². The van der Waals surface area contributed by atoms with Gasteiger partial charge in [-0.1, -0.05) is 31.0 Å². The van der Waals surface area contributed by atoms with Crippen molar-refractivity contribution in [2.45, 2.75) is 44.7 Å². The number of aromatic nitrogens is 2. The molecule has 1 saturated carbocycles. The average molecular weight is 449 g/mol. The van der Waals surface area contributed by atoms with Crippen LogP contribution in [0.2, 0.25) is 0 Å². The average Bonchev–Trinajstić information content (AvgIpc) is 3.52. The molecule has 1 N–H and O–H groups in total. The van der Waals surface area contributed by atoms with Gasteiger partial charge in [-0.3, -0.25) is 24.3 Å². The van der Waals surface area contributed by atoms with Gasteiger partial charge >= 0.3 is 0 Å². The molecule has 1 fully saturated rings. The molecule has 7 nitrogen and oxygen atoms in total. The van der Waals surface area contributed by atoms with Gasteiger partial charge in [-0.05, 0) is 43.3 Å². The number of nitrogens with one attached hydrogen (secondary N) is 1. The molecule has 0 saturated heterocycles. The van der Waals surface area contributed by atoms with Gasteiger partial charge in [-0.25, -0.2) is 4.98 Å². The van der Waals surface area contributed by atoms with Crippen molar-refractivity contribution in [1.82, 2.24) is 15.3 Å². The van der Waals surface area contributed by atoms with Gasteiger partial charge < -0.3 is 5.32 Å². The smallest absolute Gasteiger partial charge is 0.279 e. The van der Waals surface area contributed by atoms with Crippen LogP contribution in [-0.4, -0.2) is 33.6 Å². The molecule has 3 aromatic rings. The molecule has 32 heavy (non-hydrogen) atoms. The van der Waals surface area contributed by atoms with Gasteiger partial charge in [-0.15, -0.1) is 11.3 Å². The van der Waals surface area contributed by atoms with E-state index in [4.69, 9.17) is 0 Å². The first-order valence-electron chi connectivity index (χ1n) is 10.6. The SMILES string of the molecule is CC(=O)c1cccc(N(C(=O)c2cnccn2)[C@H](C(=O)NC2CCCC2)c2cccs2)c1. The lowest BCUT2D eigenvalue weighted by molar-refractivity contribution is -0.123. The lowest BCUT2D eigenvalue weighted by Crippen LogP contribution is -2.46. The van der Waals surface area contributed by atoms with Gasteiger partial charge in [-0.2, -0.15) is 0 Å². The summed E-state index contributed by atoms with van der Waals surface area (Å²) >= 11 is 1.41. The van der Waals surface area contributed by atoms with E-state index in [1.54, 1.807) is 24.3 Å². The van der Waals surface area contributed by atoms with E-state index in [0.717, 1.165) is 30.6 Å². The molecule has 1 atom stereocenters. The first-order chi connectivity index (χ1) is 15.5. The minimum atomic E-state index is -0.896. The molecule has 1 aliphatic carbocycles. The quantitative estimate of drug-likeness (QED) is 0.547. The molecule has 0 bridgehead atoms. The van der Waals surface area contributed by atoms with Crippen LogP contribution in [0.4, 0.5) is 5.69 Å². The highest BCUT2D eigenvalue weighted by Crippen LogP contribution is 2.33. The largest absolute Gasteiger partial charge is 0.351 e. The molecule has 0 radical (unpaired) electrons.